The molecule has 1 aromatic rings. The Hall–Kier alpha value is -0.580. The van der Waals surface area contributed by atoms with Gasteiger partial charge in [0.25, 0.3) is 0 Å². The van der Waals surface area contributed by atoms with Crippen LogP contribution < -0.4 is 0 Å². The van der Waals surface area contributed by atoms with Gasteiger partial charge in [0.2, 0.25) is 0 Å². The predicted molar refractivity (Wildman–Crippen MR) is 43.4 cm³/mol. The van der Waals surface area contributed by atoms with Crippen molar-refractivity contribution in [2.75, 3.05) is 0 Å². The summed E-state index contributed by atoms with van der Waals surface area (Å²) >= 11 is 2.65. The minimum Gasteiger partial charge on any atom is -0.203 e. The van der Waals surface area contributed by atoms with E-state index >= 15 is 0 Å². The third-order valence-corrected chi connectivity index (χ3v) is 2.48. The maximum absolute atomic E-state index is 12.9. The van der Waals surface area contributed by atoms with E-state index in [9.17, 15) is 17.6 Å². The van der Waals surface area contributed by atoms with Crippen LogP contribution in [0.4, 0.5) is 17.6 Å². The van der Waals surface area contributed by atoms with Gasteiger partial charge in [0, 0.05) is 5.56 Å². The van der Waals surface area contributed by atoms with Crippen LogP contribution in [0.2, 0.25) is 0 Å². The molecule has 5 heteroatoms. The number of hydrogen-bond acceptors (Lipinski definition) is 0. The van der Waals surface area contributed by atoms with Crippen LogP contribution in [0, 0.1) is 23.3 Å². The SMILES string of the molecule is CCc1c(F)c(F)c(F)c(F)c1Br. The highest BCUT2D eigenvalue weighted by molar-refractivity contribution is 9.10. The van der Waals surface area contributed by atoms with Gasteiger partial charge in [-0.2, -0.15) is 0 Å². The maximum atomic E-state index is 12.9. The molecule has 13 heavy (non-hydrogen) atoms. The van der Waals surface area contributed by atoms with Crippen LogP contribution in [0.15, 0.2) is 4.47 Å². The van der Waals surface area contributed by atoms with Crippen LogP contribution in [0.1, 0.15) is 12.5 Å². The third-order valence-electron chi connectivity index (χ3n) is 1.65. The highest BCUT2D eigenvalue weighted by atomic mass is 79.9. The van der Waals surface area contributed by atoms with Gasteiger partial charge in [-0.25, -0.2) is 17.6 Å². The van der Waals surface area contributed by atoms with Crippen molar-refractivity contribution < 1.29 is 17.6 Å². The molecule has 0 saturated heterocycles. The fourth-order valence-electron chi connectivity index (χ4n) is 0.961. The number of halogens is 5. The van der Waals surface area contributed by atoms with Crippen LogP contribution in [-0.4, -0.2) is 0 Å². The summed E-state index contributed by atoms with van der Waals surface area (Å²) in [5.41, 5.74) is -0.198. The monoisotopic (exact) mass is 256 g/mol. The topological polar surface area (TPSA) is 0 Å². The summed E-state index contributed by atoms with van der Waals surface area (Å²) in [4.78, 5) is 0. The van der Waals surface area contributed by atoms with E-state index in [1.807, 2.05) is 0 Å². The number of hydrogen-bond donors (Lipinski definition) is 0. The zero-order valence-electron chi connectivity index (χ0n) is 6.60. The van der Waals surface area contributed by atoms with Crippen molar-refractivity contribution >= 4 is 15.9 Å². The van der Waals surface area contributed by atoms with E-state index in [0.717, 1.165) is 0 Å². The fraction of sp³-hybridized carbons (Fsp3) is 0.250. The second-order valence-electron chi connectivity index (χ2n) is 2.40. The summed E-state index contributed by atoms with van der Waals surface area (Å²) in [6, 6.07) is 0. The second-order valence-corrected chi connectivity index (χ2v) is 3.20. The Morgan fingerprint density at radius 1 is 0.923 bits per heavy atom. The summed E-state index contributed by atoms with van der Waals surface area (Å²) in [7, 11) is 0. The molecule has 0 amide bonds. The van der Waals surface area contributed by atoms with Crippen LogP contribution in [0.5, 0.6) is 0 Å². The Balaban J connectivity index is 3.56. The normalized spacial score (nSPS) is 10.6. The van der Waals surface area contributed by atoms with Gasteiger partial charge in [0.15, 0.2) is 23.3 Å². The molecule has 0 aliphatic heterocycles. The molecule has 72 valence electrons. The fourth-order valence-corrected chi connectivity index (χ4v) is 1.59. The zero-order valence-corrected chi connectivity index (χ0v) is 8.18. The van der Waals surface area contributed by atoms with Gasteiger partial charge in [-0.05, 0) is 22.4 Å². The molecule has 0 radical (unpaired) electrons. The molecule has 0 atom stereocenters. The molecule has 0 fully saturated rings. The lowest BCUT2D eigenvalue weighted by molar-refractivity contribution is 0.401. The van der Waals surface area contributed by atoms with Crippen molar-refractivity contribution in [2.24, 2.45) is 0 Å². The van der Waals surface area contributed by atoms with Crippen LogP contribution in [0.25, 0.3) is 0 Å². The van der Waals surface area contributed by atoms with Crippen molar-refractivity contribution in [3.63, 3.8) is 0 Å². The molecule has 0 aliphatic rings. The lowest BCUT2D eigenvalue weighted by Gasteiger charge is -2.06. The first-order chi connectivity index (χ1) is 6.00. The zero-order chi connectivity index (χ0) is 10.2. The Kier molecular flexibility index (Phi) is 2.95. The average Bonchev–Trinajstić information content (AvgIpc) is 2.13. The molecule has 0 nitrogen and oxygen atoms in total. The quantitative estimate of drug-likeness (QED) is 0.410. The van der Waals surface area contributed by atoms with Crippen molar-refractivity contribution in [2.45, 2.75) is 13.3 Å². The summed E-state index contributed by atoms with van der Waals surface area (Å²) < 4.78 is 50.5. The van der Waals surface area contributed by atoms with Gasteiger partial charge in [0.05, 0.1) is 4.47 Å². The second kappa shape index (κ2) is 3.65. The van der Waals surface area contributed by atoms with E-state index in [4.69, 9.17) is 0 Å². The summed E-state index contributed by atoms with van der Waals surface area (Å²) in [6.45, 7) is 1.51. The van der Waals surface area contributed by atoms with E-state index in [0.29, 0.717) is 0 Å². The molecule has 1 aromatic carbocycles. The Bertz CT molecular complexity index is 319. The van der Waals surface area contributed by atoms with Gasteiger partial charge in [-0.3, -0.25) is 0 Å². The Morgan fingerprint density at radius 3 is 1.85 bits per heavy atom. The number of benzene rings is 1. The van der Waals surface area contributed by atoms with E-state index in [1.54, 1.807) is 0 Å². The molecular formula is C8H5BrF4. The van der Waals surface area contributed by atoms with Gasteiger partial charge in [-0.1, -0.05) is 6.92 Å². The molecule has 0 unspecified atom stereocenters. The highest BCUT2D eigenvalue weighted by Gasteiger charge is 2.22. The summed E-state index contributed by atoms with van der Waals surface area (Å²) in [6.07, 6.45) is 0.0839. The lowest BCUT2D eigenvalue weighted by atomic mass is 10.1. The van der Waals surface area contributed by atoms with Crippen molar-refractivity contribution in [1.29, 1.82) is 0 Å². The molecule has 0 aromatic heterocycles. The first-order valence-corrected chi connectivity index (χ1v) is 4.30. The maximum Gasteiger partial charge on any atom is 0.198 e. The van der Waals surface area contributed by atoms with Crippen molar-refractivity contribution in [3.05, 3.63) is 33.3 Å². The van der Waals surface area contributed by atoms with Crippen LogP contribution in [0.3, 0.4) is 0 Å². The molecule has 0 bridgehead atoms. The van der Waals surface area contributed by atoms with Crippen molar-refractivity contribution in [3.8, 4) is 0 Å². The highest BCUT2D eigenvalue weighted by Crippen LogP contribution is 2.28. The number of rotatable bonds is 1. The first kappa shape index (κ1) is 10.5. The molecule has 0 heterocycles. The van der Waals surface area contributed by atoms with Crippen molar-refractivity contribution in [1.82, 2.24) is 0 Å². The van der Waals surface area contributed by atoms with Gasteiger partial charge >= 0.3 is 0 Å². The minimum atomic E-state index is -1.79. The molecule has 1 rings (SSSR count). The molecule has 0 aliphatic carbocycles. The smallest absolute Gasteiger partial charge is 0.198 e. The van der Waals surface area contributed by atoms with Crippen LogP contribution in [-0.2, 0) is 6.42 Å². The third kappa shape index (κ3) is 1.57. The predicted octanol–water partition coefficient (Wildman–Crippen LogP) is 3.57. The lowest BCUT2D eigenvalue weighted by Crippen LogP contribution is -2.02. The largest absolute Gasteiger partial charge is 0.203 e. The van der Waals surface area contributed by atoms with Gasteiger partial charge in [0.1, 0.15) is 0 Å². The van der Waals surface area contributed by atoms with E-state index in [2.05, 4.69) is 15.9 Å². The molecule has 0 saturated carbocycles. The van der Waals surface area contributed by atoms with E-state index in [-0.39, 0.29) is 16.5 Å². The van der Waals surface area contributed by atoms with Crippen LogP contribution >= 0.6 is 15.9 Å². The van der Waals surface area contributed by atoms with Gasteiger partial charge in [-0.15, -0.1) is 0 Å². The first-order valence-electron chi connectivity index (χ1n) is 3.51. The Morgan fingerprint density at radius 2 is 1.38 bits per heavy atom. The standard InChI is InChI=1S/C8H5BrF4/c1-2-3-4(9)6(11)8(13)7(12)5(3)10/h2H2,1H3. The molecular weight excluding hydrogens is 252 g/mol. The molecule has 0 spiro atoms. The van der Waals surface area contributed by atoms with Gasteiger partial charge < -0.3 is 0 Å². The molecule has 0 N–H and O–H groups in total. The summed E-state index contributed by atoms with van der Waals surface area (Å²) in [5.74, 6) is -6.29. The summed E-state index contributed by atoms with van der Waals surface area (Å²) in [5, 5.41) is 0. The average molecular weight is 257 g/mol. The minimum absolute atomic E-state index is 0.0839. The van der Waals surface area contributed by atoms with E-state index in [1.165, 1.54) is 6.92 Å². The van der Waals surface area contributed by atoms with E-state index < -0.39 is 23.3 Å². The Labute approximate surface area is 80.7 Å².